The molecule has 1 unspecified atom stereocenters. The summed E-state index contributed by atoms with van der Waals surface area (Å²) in [6, 6.07) is 10.4. The summed E-state index contributed by atoms with van der Waals surface area (Å²) in [5.41, 5.74) is 1.30. The molecule has 0 saturated carbocycles. The highest BCUT2D eigenvalue weighted by molar-refractivity contribution is 5.27. The van der Waals surface area contributed by atoms with Gasteiger partial charge in [-0.1, -0.05) is 48.6 Å². The van der Waals surface area contributed by atoms with E-state index >= 15 is 0 Å². The van der Waals surface area contributed by atoms with E-state index in [1.165, 1.54) is 5.56 Å². The fourth-order valence-electron chi connectivity index (χ4n) is 1.21. The molecular weight excluding hydrogens is 144 g/mol. The van der Waals surface area contributed by atoms with Gasteiger partial charge in [0.15, 0.2) is 0 Å². The van der Waals surface area contributed by atoms with Crippen molar-refractivity contribution in [3.63, 3.8) is 0 Å². The van der Waals surface area contributed by atoms with Crippen molar-refractivity contribution in [3.8, 4) is 0 Å². The minimum Gasteiger partial charge on any atom is -0.102 e. The van der Waals surface area contributed by atoms with Gasteiger partial charge in [0, 0.05) is 5.92 Å². The van der Waals surface area contributed by atoms with Crippen LogP contribution in [0.5, 0.6) is 0 Å². The maximum atomic E-state index is 3.80. The Morgan fingerprint density at radius 2 is 1.92 bits per heavy atom. The Kier molecular flexibility index (Phi) is 3.34. The Bertz CT molecular complexity index is 257. The van der Waals surface area contributed by atoms with Crippen LogP contribution in [0.15, 0.2) is 55.1 Å². The molecule has 1 aromatic rings. The lowest BCUT2D eigenvalue weighted by Crippen LogP contribution is -1.88. The van der Waals surface area contributed by atoms with Crippen molar-refractivity contribution in [2.45, 2.75) is 12.8 Å². The number of rotatable bonds is 3. The van der Waals surface area contributed by atoms with E-state index < -0.39 is 0 Å². The maximum absolute atomic E-state index is 3.80. The molecule has 0 aliphatic carbocycles. The van der Waals surface area contributed by atoms with Crippen molar-refractivity contribution in [2.75, 3.05) is 0 Å². The van der Waals surface area contributed by atoms with Crippen molar-refractivity contribution >= 4 is 0 Å². The van der Waals surface area contributed by atoms with E-state index in [2.05, 4.69) is 43.0 Å². The molecule has 0 saturated heterocycles. The molecule has 62 valence electrons. The Balaban J connectivity index is 2.87. The molecule has 0 fully saturated rings. The summed E-state index contributed by atoms with van der Waals surface area (Å²) in [6.45, 7) is 5.83. The minimum atomic E-state index is 0.358. The first-order chi connectivity index (χ1) is 5.88. The fourth-order valence-corrected chi connectivity index (χ4v) is 1.21. The second kappa shape index (κ2) is 4.55. The molecule has 0 heteroatoms. The first kappa shape index (κ1) is 8.79. The molecule has 0 bridgehead atoms. The van der Waals surface area contributed by atoms with E-state index in [0.717, 1.165) is 0 Å². The van der Waals surface area contributed by atoms with E-state index in [0.29, 0.717) is 5.92 Å². The van der Waals surface area contributed by atoms with Crippen LogP contribution in [-0.4, -0.2) is 0 Å². The average Bonchev–Trinajstić information content (AvgIpc) is 2.15. The van der Waals surface area contributed by atoms with Gasteiger partial charge in [-0.15, -0.1) is 6.58 Å². The molecule has 12 heavy (non-hydrogen) atoms. The number of hydrogen-bond donors (Lipinski definition) is 0. The number of allylic oxidation sites excluding steroid dienone is 3. The van der Waals surface area contributed by atoms with Gasteiger partial charge >= 0.3 is 0 Å². The zero-order valence-electron chi connectivity index (χ0n) is 7.40. The van der Waals surface area contributed by atoms with E-state index in [9.17, 15) is 0 Å². The summed E-state index contributed by atoms with van der Waals surface area (Å²) in [7, 11) is 0. The van der Waals surface area contributed by atoms with Gasteiger partial charge in [0.1, 0.15) is 0 Å². The predicted octanol–water partition coefficient (Wildman–Crippen LogP) is 3.53. The van der Waals surface area contributed by atoms with Crippen LogP contribution in [0.1, 0.15) is 18.4 Å². The van der Waals surface area contributed by atoms with E-state index in [4.69, 9.17) is 0 Å². The van der Waals surface area contributed by atoms with Crippen LogP contribution in [0.25, 0.3) is 0 Å². The molecule has 1 rings (SSSR count). The Hall–Kier alpha value is -1.30. The summed E-state index contributed by atoms with van der Waals surface area (Å²) in [6.07, 6.45) is 6.15. The van der Waals surface area contributed by atoms with Gasteiger partial charge in [0.05, 0.1) is 0 Å². The van der Waals surface area contributed by atoms with Crippen LogP contribution in [0.3, 0.4) is 0 Å². The molecule has 0 radical (unpaired) electrons. The van der Waals surface area contributed by atoms with Crippen LogP contribution in [0, 0.1) is 0 Å². The lowest BCUT2D eigenvalue weighted by atomic mass is 9.99. The number of benzene rings is 1. The van der Waals surface area contributed by atoms with E-state index in [1.54, 1.807) is 0 Å². The van der Waals surface area contributed by atoms with Gasteiger partial charge in [0.25, 0.3) is 0 Å². The third-order valence-corrected chi connectivity index (χ3v) is 1.84. The molecule has 1 aromatic carbocycles. The summed E-state index contributed by atoms with van der Waals surface area (Å²) >= 11 is 0. The fraction of sp³-hybridized carbons (Fsp3) is 0.167. The molecular formula is C12H14. The molecule has 0 nitrogen and oxygen atoms in total. The summed E-state index contributed by atoms with van der Waals surface area (Å²) in [5.74, 6) is 0.358. The van der Waals surface area contributed by atoms with Crippen molar-refractivity contribution in [1.82, 2.24) is 0 Å². The second-order valence-corrected chi connectivity index (χ2v) is 2.70. The molecule has 1 atom stereocenters. The standard InChI is InChI=1S/C12H14/c1-3-8-11(4-2)12-9-6-5-7-10-12/h3-11H,2H2,1H3. The van der Waals surface area contributed by atoms with Gasteiger partial charge in [-0.2, -0.15) is 0 Å². The smallest absolute Gasteiger partial charge is 0.0196 e. The van der Waals surface area contributed by atoms with Crippen molar-refractivity contribution in [1.29, 1.82) is 0 Å². The predicted molar refractivity (Wildman–Crippen MR) is 54.2 cm³/mol. The Morgan fingerprint density at radius 3 is 2.42 bits per heavy atom. The first-order valence-corrected chi connectivity index (χ1v) is 4.18. The van der Waals surface area contributed by atoms with Crippen LogP contribution in [0.4, 0.5) is 0 Å². The highest BCUT2D eigenvalue weighted by Gasteiger charge is 1.99. The highest BCUT2D eigenvalue weighted by Crippen LogP contribution is 2.17. The Labute approximate surface area is 74.2 Å². The van der Waals surface area contributed by atoms with Gasteiger partial charge in [-0.05, 0) is 12.5 Å². The highest BCUT2D eigenvalue weighted by atomic mass is 14.0. The SMILES string of the molecule is C=CC(C=CC)c1ccccc1. The van der Waals surface area contributed by atoms with Gasteiger partial charge < -0.3 is 0 Å². The van der Waals surface area contributed by atoms with Crippen LogP contribution >= 0.6 is 0 Å². The summed E-state index contributed by atoms with van der Waals surface area (Å²) in [4.78, 5) is 0. The topological polar surface area (TPSA) is 0 Å². The zero-order valence-corrected chi connectivity index (χ0v) is 7.40. The molecule has 0 heterocycles. The molecule has 0 N–H and O–H groups in total. The largest absolute Gasteiger partial charge is 0.102 e. The number of hydrogen-bond acceptors (Lipinski definition) is 0. The lowest BCUT2D eigenvalue weighted by molar-refractivity contribution is 1.08. The third-order valence-electron chi connectivity index (χ3n) is 1.84. The second-order valence-electron chi connectivity index (χ2n) is 2.70. The minimum absolute atomic E-state index is 0.358. The van der Waals surface area contributed by atoms with Crippen LogP contribution in [0.2, 0.25) is 0 Å². The van der Waals surface area contributed by atoms with Gasteiger partial charge in [-0.25, -0.2) is 0 Å². The first-order valence-electron chi connectivity index (χ1n) is 4.18. The van der Waals surface area contributed by atoms with Crippen molar-refractivity contribution < 1.29 is 0 Å². The van der Waals surface area contributed by atoms with Crippen LogP contribution < -0.4 is 0 Å². The maximum Gasteiger partial charge on any atom is 0.0196 e. The van der Waals surface area contributed by atoms with Gasteiger partial charge in [-0.3, -0.25) is 0 Å². The van der Waals surface area contributed by atoms with E-state index in [-0.39, 0.29) is 0 Å². The molecule has 0 aliphatic rings. The lowest BCUT2D eigenvalue weighted by Gasteiger charge is -2.06. The van der Waals surface area contributed by atoms with Crippen molar-refractivity contribution in [2.24, 2.45) is 0 Å². The normalized spacial score (nSPS) is 13.1. The van der Waals surface area contributed by atoms with Crippen LogP contribution in [-0.2, 0) is 0 Å². The van der Waals surface area contributed by atoms with E-state index in [1.807, 2.05) is 19.1 Å². The quantitative estimate of drug-likeness (QED) is 0.590. The Morgan fingerprint density at radius 1 is 1.25 bits per heavy atom. The molecule has 0 aromatic heterocycles. The monoisotopic (exact) mass is 158 g/mol. The average molecular weight is 158 g/mol. The summed E-state index contributed by atoms with van der Waals surface area (Å²) in [5, 5.41) is 0. The third kappa shape index (κ3) is 2.09. The molecule has 0 aliphatic heterocycles. The molecule has 0 spiro atoms. The zero-order chi connectivity index (χ0) is 8.81. The molecule has 0 amide bonds. The van der Waals surface area contributed by atoms with Crippen molar-refractivity contribution in [3.05, 3.63) is 60.7 Å². The summed E-state index contributed by atoms with van der Waals surface area (Å²) < 4.78 is 0. The van der Waals surface area contributed by atoms with Gasteiger partial charge in [0.2, 0.25) is 0 Å².